The van der Waals surface area contributed by atoms with Crippen LogP contribution in [0.5, 0.6) is 0 Å². The van der Waals surface area contributed by atoms with Crippen molar-refractivity contribution in [3.05, 3.63) is 0 Å². The van der Waals surface area contributed by atoms with Crippen molar-refractivity contribution < 1.29 is 4.74 Å². The second-order valence-electron chi connectivity index (χ2n) is 6.15. The molecule has 2 rings (SSSR count). The third-order valence-corrected chi connectivity index (χ3v) is 4.36. The van der Waals surface area contributed by atoms with Crippen LogP contribution in [0.15, 0.2) is 0 Å². The van der Waals surface area contributed by atoms with E-state index in [4.69, 9.17) is 4.74 Å². The van der Waals surface area contributed by atoms with Crippen LogP contribution in [-0.4, -0.2) is 62.8 Å². The van der Waals surface area contributed by atoms with Crippen LogP contribution in [0.4, 0.5) is 0 Å². The SMILES string of the molecule is CC(CC1CCCN(C)C1)[C@H]1CN(C)CCO1. The average molecular weight is 240 g/mol. The number of piperidine rings is 1. The molecule has 3 heteroatoms. The first-order valence-electron chi connectivity index (χ1n) is 7.14. The minimum Gasteiger partial charge on any atom is -0.375 e. The molecule has 3 nitrogen and oxygen atoms in total. The molecule has 17 heavy (non-hydrogen) atoms. The molecule has 2 saturated heterocycles. The first-order valence-corrected chi connectivity index (χ1v) is 7.14. The van der Waals surface area contributed by atoms with E-state index in [1.54, 1.807) is 0 Å². The van der Waals surface area contributed by atoms with Gasteiger partial charge in [-0.15, -0.1) is 0 Å². The average Bonchev–Trinajstić information content (AvgIpc) is 2.29. The number of ether oxygens (including phenoxy) is 1. The molecule has 2 aliphatic heterocycles. The van der Waals surface area contributed by atoms with E-state index in [1.165, 1.54) is 32.4 Å². The third kappa shape index (κ3) is 3.94. The fourth-order valence-corrected chi connectivity index (χ4v) is 3.30. The molecule has 2 aliphatic rings. The predicted octanol–water partition coefficient (Wildman–Crippen LogP) is 1.69. The van der Waals surface area contributed by atoms with Crippen molar-refractivity contribution in [1.82, 2.24) is 9.80 Å². The monoisotopic (exact) mass is 240 g/mol. The van der Waals surface area contributed by atoms with Crippen LogP contribution < -0.4 is 0 Å². The molecule has 2 heterocycles. The predicted molar refractivity (Wildman–Crippen MR) is 71.2 cm³/mol. The van der Waals surface area contributed by atoms with Crippen molar-refractivity contribution in [2.45, 2.75) is 32.3 Å². The molecule has 3 atom stereocenters. The van der Waals surface area contributed by atoms with Crippen molar-refractivity contribution in [2.75, 3.05) is 46.9 Å². The summed E-state index contributed by atoms with van der Waals surface area (Å²) >= 11 is 0. The van der Waals surface area contributed by atoms with E-state index in [1.807, 2.05) is 0 Å². The molecule has 0 bridgehead atoms. The molecule has 0 radical (unpaired) electrons. The van der Waals surface area contributed by atoms with Gasteiger partial charge < -0.3 is 14.5 Å². The summed E-state index contributed by atoms with van der Waals surface area (Å²) in [5.41, 5.74) is 0. The van der Waals surface area contributed by atoms with E-state index in [2.05, 4.69) is 30.8 Å². The second-order valence-corrected chi connectivity index (χ2v) is 6.15. The van der Waals surface area contributed by atoms with Crippen LogP contribution in [0.25, 0.3) is 0 Å². The van der Waals surface area contributed by atoms with Crippen molar-refractivity contribution in [2.24, 2.45) is 11.8 Å². The summed E-state index contributed by atoms with van der Waals surface area (Å²) in [5.74, 6) is 1.59. The Morgan fingerprint density at radius 2 is 1.94 bits per heavy atom. The van der Waals surface area contributed by atoms with Gasteiger partial charge in [0.25, 0.3) is 0 Å². The standard InChI is InChI=1S/C14H28N2O/c1-12(14-11-16(3)7-8-17-14)9-13-5-4-6-15(2)10-13/h12-14H,4-11H2,1-3H3/t12?,13?,14-/m1/s1. The zero-order valence-corrected chi connectivity index (χ0v) is 11.7. The van der Waals surface area contributed by atoms with Crippen LogP contribution in [0.1, 0.15) is 26.2 Å². The van der Waals surface area contributed by atoms with Crippen molar-refractivity contribution in [1.29, 1.82) is 0 Å². The Kier molecular flexibility index (Phi) is 4.83. The molecule has 0 aromatic carbocycles. The van der Waals surface area contributed by atoms with Gasteiger partial charge in [-0.3, -0.25) is 0 Å². The highest BCUT2D eigenvalue weighted by Gasteiger charge is 2.27. The van der Waals surface area contributed by atoms with Gasteiger partial charge in [0.1, 0.15) is 0 Å². The highest BCUT2D eigenvalue weighted by molar-refractivity contribution is 4.79. The number of likely N-dealkylation sites (N-methyl/N-ethyl adjacent to an activating group) is 1. The molecule has 0 spiro atoms. The summed E-state index contributed by atoms with van der Waals surface area (Å²) in [6, 6.07) is 0. The largest absolute Gasteiger partial charge is 0.375 e. The highest BCUT2D eigenvalue weighted by atomic mass is 16.5. The fourth-order valence-electron chi connectivity index (χ4n) is 3.30. The second kappa shape index (κ2) is 6.17. The lowest BCUT2D eigenvalue weighted by Crippen LogP contribution is -2.44. The van der Waals surface area contributed by atoms with E-state index in [0.29, 0.717) is 12.0 Å². The zero-order chi connectivity index (χ0) is 12.3. The number of rotatable bonds is 3. The molecule has 0 aromatic heterocycles. The number of morpholine rings is 1. The van der Waals surface area contributed by atoms with Gasteiger partial charge in [0.05, 0.1) is 12.7 Å². The topological polar surface area (TPSA) is 15.7 Å². The smallest absolute Gasteiger partial charge is 0.0728 e. The Bertz CT molecular complexity index is 234. The summed E-state index contributed by atoms with van der Waals surface area (Å²) in [7, 11) is 4.46. The molecular formula is C14H28N2O. The Balaban J connectivity index is 1.77. The molecule has 0 amide bonds. The van der Waals surface area contributed by atoms with Crippen LogP contribution in [0, 0.1) is 11.8 Å². The third-order valence-electron chi connectivity index (χ3n) is 4.36. The maximum Gasteiger partial charge on any atom is 0.0728 e. The van der Waals surface area contributed by atoms with E-state index in [-0.39, 0.29) is 0 Å². The maximum atomic E-state index is 5.92. The number of nitrogens with zero attached hydrogens (tertiary/aromatic N) is 2. The highest BCUT2D eigenvalue weighted by Crippen LogP contribution is 2.26. The molecule has 0 aromatic rings. The molecule has 0 aliphatic carbocycles. The molecular weight excluding hydrogens is 212 g/mol. The van der Waals surface area contributed by atoms with Gasteiger partial charge in [-0.25, -0.2) is 0 Å². The molecule has 0 N–H and O–H groups in total. The lowest BCUT2D eigenvalue weighted by molar-refractivity contribution is -0.0524. The summed E-state index contributed by atoms with van der Waals surface area (Å²) in [6.07, 6.45) is 4.58. The van der Waals surface area contributed by atoms with E-state index < -0.39 is 0 Å². The minimum absolute atomic E-state index is 0.459. The van der Waals surface area contributed by atoms with Gasteiger partial charge in [0, 0.05) is 19.6 Å². The normalized spacial score (nSPS) is 34.8. The van der Waals surface area contributed by atoms with Crippen molar-refractivity contribution >= 4 is 0 Å². The first-order chi connectivity index (χ1) is 8.15. The van der Waals surface area contributed by atoms with Crippen LogP contribution in [0.2, 0.25) is 0 Å². The lowest BCUT2D eigenvalue weighted by Gasteiger charge is -2.37. The van der Waals surface area contributed by atoms with Crippen molar-refractivity contribution in [3.8, 4) is 0 Å². The number of likely N-dealkylation sites (tertiary alicyclic amines) is 1. The molecule has 2 unspecified atom stereocenters. The Hall–Kier alpha value is -0.120. The van der Waals surface area contributed by atoms with Gasteiger partial charge in [-0.05, 0) is 51.7 Å². The van der Waals surface area contributed by atoms with Gasteiger partial charge in [0.15, 0.2) is 0 Å². The Morgan fingerprint density at radius 1 is 1.18 bits per heavy atom. The van der Waals surface area contributed by atoms with Gasteiger partial charge in [0.2, 0.25) is 0 Å². The Morgan fingerprint density at radius 3 is 2.65 bits per heavy atom. The summed E-state index contributed by atoms with van der Waals surface area (Å²) in [5, 5.41) is 0. The fraction of sp³-hybridized carbons (Fsp3) is 1.00. The molecule has 100 valence electrons. The van der Waals surface area contributed by atoms with Crippen LogP contribution >= 0.6 is 0 Å². The zero-order valence-electron chi connectivity index (χ0n) is 11.7. The lowest BCUT2D eigenvalue weighted by atomic mass is 9.86. The minimum atomic E-state index is 0.459. The number of hydrogen-bond acceptors (Lipinski definition) is 3. The summed E-state index contributed by atoms with van der Waals surface area (Å²) < 4.78 is 5.92. The quantitative estimate of drug-likeness (QED) is 0.746. The van der Waals surface area contributed by atoms with Gasteiger partial charge in [-0.2, -0.15) is 0 Å². The van der Waals surface area contributed by atoms with Crippen LogP contribution in [0.3, 0.4) is 0 Å². The summed E-state index contributed by atoms with van der Waals surface area (Å²) in [4.78, 5) is 4.88. The maximum absolute atomic E-state index is 5.92. The number of hydrogen-bond donors (Lipinski definition) is 0. The van der Waals surface area contributed by atoms with Crippen LogP contribution in [-0.2, 0) is 4.74 Å². The summed E-state index contributed by atoms with van der Waals surface area (Å²) in [6.45, 7) is 8.06. The Labute approximate surface area is 106 Å². The molecule has 0 saturated carbocycles. The van der Waals surface area contributed by atoms with E-state index >= 15 is 0 Å². The van der Waals surface area contributed by atoms with E-state index in [0.717, 1.165) is 25.6 Å². The van der Waals surface area contributed by atoms with Crippen molar-refractivity contribution in [3.63, 3.8) is 0 Å². The first kappa shape index (κ1) is 13.3. The van der Waals surface area contributed by atoms with Gasteiger partial charge >= 0.3 is 0 Å². The molecule has 2 fully saturated rings. The van der Waals surface area contributed by atoms with Gasteiger partial charge in [-0.1, -0.05) is 6.92 Å². The van der Waals surface area contributed by atoms with E-state index in [9.17, 15) is 0 Å².